The van der Waals surface area contributed by atoms with E-state index in [0.29, 0.717) is 0 Å². The molecule has 0 aromatic heterocycles. The number of hydrogen-bond acceptors (Lipinski definition) is 2. The number of rotatable bonds is 2. The molecule has 0 aliphatic carbocycles. The van der Waals surface area contributed by atoms with Crippen molar-refractivity contribution in [3.63, 3.8) is 0 Å². The van der Waals surface area contributed by atoms with E-state index in [1.54, 1.807) is 0 Å². The van der Waals surface area contributed by atoms with Crippen LogP contribution in [0.2, 0.25) is 0 Å². The van der Waals surface area contributed by atoms with Gasteiger partial charge >= 0.3 is 0 Å². The summed E-state index contributed by atoms with van der Waals surface area (Å²) in [7, 11) is 0. The second-order valence-corrected chi connectivity index (χ2v) is 4.24. The van der Waals surface area contributed by atoms with Crippen molar-refractivity contribution in [2.45, 2.75) is 20.8 Å². The molecule has 0 radical (unpaired) electrons. The molecule has 2 heteroatoms. The molecule has 0 N–H and O–H groups in total. The number of hydrogen-bond donors (Lipinski definition) is 0. The van der Waals surface area contributed by atoms with Gasteiger partial charge in [-0.25, -0.2) is 0 Å². The molecule has 0 spiro atoms. The lowest BCUT2D eigenvalue weighted by Crippen LogP contribution is -2.54. The third-order valence-corrected chi connectivity index (χ3v) is 2.04. The zero-order chi connectivity index (χ0) is 8.48. The first-order chi connectivity index (χ1) is 5.06. The molecule has 1 aliphatic rings. The van der Waals surface area contributed by atoms with Crippen LogP contribution in [-0.2, 0) is 0 Å². The summed E-state index contributed by atoms with van der Waals surface area (Å²) in [5.74, 6) is 0.721. The summed E-state index contributed by atoms with van der Waals surface area (Å²) in [6, 6.07) is 2.34. The van der Waals surface area contributed by atoms with E-state index in [0.717, 1.165) is 25.6 Å². The van der Waals surface area contributed by atoms with Crippen molar-refractivity contribution in [1.29, 1.82) is 5.26 Å². The van der Waals surface area contributed by atoms with E-state index in [4.69, 9.17) is 5.26 Å². The van der Waals surface area contributed by atoms with Gasteiger partial charge in [0.15, 0.2) is 0 Å². The van der Waals surface area contributed by atoms with Crippen LogP contribution in [-0.4, -0.2) is 24.5 Å². The van der Waals surface area contributed by atoms with E-state index in [1.807, 2.05) is 6.92 Å². The Morgan fingerprint density at radius 2 is 2.09 bits per heavy atom. The fourth-order valence-electron chi connectivity index (χ4n) is 1.66. The fourth-order valence-corrected chi connectivity index (χ4v) is 1.66. The minimum absolute atomic E-state index is 0.0467. The average Bonchev–Trinajstić information content (AvgIpc) is 1.83. The molecule has 0 atom stereocenters. The van der Waals surface area contributed by atoms with Crippen molar-refractivity contribution in [3.8, 4) is 6.07 Å². The highest BCUT2D eigenvalue weighted by Gasteiger charge is 2.38. The van der Waals surface area contributed by atoms with Crippen LogP contribution in [0.4, 0.5) is 0 Å². The first-order valence-corrected chi connectivity index (χ1v) is 4.19. The van der Waals surface area contributed by atoms with E-state index in [-0.39, 0.29) is 5.41 Å². The zero-order valence-corrected chi connectivity index (χ0v) is 7.59. The molecule has 1 heterocycles. The average molecular weight is 152 g/mol. The normalized spacial score (nSPS) is 22.8. The highest BCUT2D eigenvalue weighted by atomic mass is 15.2. The number of nitriles is 1. The van der Waals surface area contributed by atoms with Gasteiger partial charge in [0.1, 0.15) is 0 Å². The van der Waals surface area contributed by atoms with Crippen LogP contribution in [0.1, 0.15) is 20.8 Å². The maximum absolute atomic E-state index is 8.72. The molecule has 0 bridgehead atoms. The van der Waals surface area contributed by atoms with Gasteiger partial charge in [-0.3, -0.25) is 4.90 Å². The molecule has 0 amide bonds. The number of nitrogens with zero attached hydrogens (tertiary/aromatic N) is 2. The quantitative estimate of drug-likeness (QED) is 0.599. The predicted octanol–water partition coefficient (Wildman–Crippen LogP) is 1.49. The molecule has 0 aromatic carbocycles. The minimum Gasteiger partial charge on any atom is -0.300 e. The lowest BCUT2D eigenvalue weighted by atomic mass is 9.83. The Hall–Kier alpha value is -0.550. The molecule has 0 aromatic rings. The molecule has 62 valence electrons. The van der Waals surface area contributed by atoms with Crippen molar-refractivity contribution in [3.05, 3.63) is 0 Å². The molecule has 1 rings (SSSR count). The Kier molecular flexibility index (Phi) is 2.20. The van der Waals surface area contributed by atoms with Crippen LogP contribution in [0.3, 0.4) is 0 Å². The smallest absolute Gasteiger partial charge is 0.0799 e. The zero-order valence-electron chi connectivity index (χ0n) is 7.59. The van der Waals surface area contributed by atoms with Gasteiger partial charge in [0, 0.05) is 19.6 Å². The van der Waals surface area contributed by atoms with Crippen LogP contribution in [0, 0.1) is 22.7 Å². The van der Waals surface area contributed by atoms with Gasteiger partial charge in [-0.15, -0.1) is 0 Å². The summed E-state index contributed by atoms with van der Waals surface area (Å²) in [5.41, 5.74) is -0.0467. The van der Waals surface area contributed by atoms with Gasteiger partial charge < -0.3 is 0 Å². The maximum Gasteiger partial charge on any atom is 0.0799 e. The van der Waals surface area contributed by atoms with Crippen LogP contribution in [0.25, 0.3) is 0 Å². The summed E-state index contributed by atoms with van der Waals surface area (Å²) in [6.45, 7) is 9.51. The van der Waals surface area contributed by atoms with Crippen LogP contribution < -0.4 is 0 Å². The summed E-state index contributed by atoms with van der Waals surface area (Å²) >= 11 is 0. The van der Waals surface area contributed by atoms with E-state index >= 15 is 0 Å². The molecular formula is C9H16N2. The van der Waals surface area contributed by atoms with E-state index < -0.39 is 0 Å². The SMILES string of the molecule is CC(C)CN1CC(C)(C#N)C1. The summed E-state index contributed by atoms with van der Waals surface area (Å²) < 4.78 is 0. The highest BCUT2D eigenvalue weighted by molar-refractivity contribution is 5.06. The van der Waals surface area contributed by atoms with Crippen LogP contribution >= 0.6 is 0 Å². The molecule has 0 saturated carbocycles. The molecule has 1 aliphatic heterocycles. The van der Waals surface area contributed by atoms with Gasteiger partial charge in [-0.1, -0.05) is 13.8 Å². The van der Waals surface area contributed by atoms with E-state index in [9.17, 15) is 0 Å². The topological polar surface area (TPSA) is 27.0 Å². The van der Waals surface area contributed by atoms with E-state index in [2.05, 4.69) is 24.8 Å². The highest BCUT2D eigenvalue weighted by Crippen LogP contribution is 2.28. The lowest BCUT2D eigenvalue weighted by Gasteiger charge is -2.44. The Morgan fingerprint density at radius 1 is 1.55 bits per heavy atom. The predicted molar refractivity (Wildman–Crippen MR) is 45.0 cm³/mol. The lowest BCUT2D eigenvalue weighted by molar-refractivity contribution is 0.0497. The fraction of sp³-hybridized carbons (Fsp3) is 0.889. The molecular weight excluding hydrogens is 136 g/mol. The summed E-state index contributed by atoms with van der Waals surface area (Å²) in [5, 5.41) is 8.72. The maximum atomic E-state index is 8.72. The Labute approximate surface area is 68.8 Å². The third kappa shape index (κ3) is 1.94. The number of likely N-dealkylation sites (tertiary alicyclic amines) is 1. The first-order valence-electron chi connectivity index (χ1n) is 4.19. The first kappa shape index (κ1) is 8.55. The van der Waals surface area contributed by atoms with Gasteiger partial charge in [0.25, 0.3) is 0 Å². The van der Waals surface area contributed by atoms with Crippen molar-refractivity contribution < 1.29 is 0 Å². The second-order valence-electron chi connectivity index (χ2n) is 4.24. The van der Waals surface area contributed by atoms with Gasteiger partial charge in [-0.2, -0.15) is 5.26 Å². The van der Waals surface area contributed by atoms with Crippen molar-refractivity contribution >= 4 is 0 Å². The standard InChI is InChI=1S/C9H16N2/c1-8(2)4-11-6-9(3,5-10)7-11/h8H,4,6-7H2,1-3H3. The second kappa shape index (κ2) is 2.83. The van der Waals surface area contributed by atoms with Crippen molar-refractivity contribution in [1.82, 2.24) is 4.90 Å². The van der Waals surface area contributed by atoms with Crippen LogP contribution in [0.5, 0.6) is 0 Å². The summed E-state index contributed by atoms with van der Waals surface area (Å²) in [6.07, 6.45) is 0. The molecule has 1 saturated heterocycles. The Balaban J connectivity index is 2.25. The molecule has 1 fully saturated rings. The molecule has 11 heavy (non-hydrogen) atoms. The Morgan fingerprint density at radius 3 is 2.45 bits per heavy atom. The minimum atomic E-state index is -0.0467. The summed E-state index contributed by atoms with van der Waals surface area (Å²) in [4.78, 5) is 2.34. The Bertz CT molecular complexity index is 172. The van der Waals surface area contributed by atoms with Gasteiger partial charge in [-0.05, 0) is 12.8 Å². The van der Waals surface area contributed by atoms with E-state index in [1.165, 1.54) is 0 Å². The van der Waals surface area contributed by atoms with Crippen molar-refractivity contribution in [2.24, 2.45) is 11.3 Å². The van der Waals surface area contributed by atoms with Crippen molar-refractivity contribution in [2.75, 3.05) is 19.6 Å². The van der Waals surface area contributed by atoms with Gasteiger partial charge in [0.2, 0.25) is 0 Å². The molecule has 0 unspecified atom stereocenters. The third-order valence-electron chi connectivity index (χ3n) is 2.04. The largest absolute Gasteiger partial charge is 0.300 e. The van der Waals surface area contributed by atoms with Gasteiger partial charge in [0.05, 0.1) is 11.5 Å². The van der Waals surface area contributed by atoms with Crippen LogP contribution in [0.15, 0.2) is 0 Å². The monoisotopic (exact) mass is 152 g/mol. The molecule has 2 nitrogen and oxygen atoms in total.